The Hall–Kier alpha value is 0.170. The van der Waals surface area contributed by atoms with Crippen LogP contribution in [0.15, 0.2) is 0 Å². The minimum absolute atomic E-state index is 0. The first kappa shape index (κ1) is 22.9. The summed E-state index contributed by atoms with van der Waals surface area (Å²) < 4.78 is 7.01. The van der Waals surface area contributed by atoms with E-state index >= 15 is 0 Å². The van der Waals surface area contributed by atoms with Gasteiger partial charge in [0.2, 0.25) is 0 Å². The van der Waals surface area contributed by atoms with Gasteiger partial charge in [0, 0.05) is 12.5 Å². The highest BCUT2D eigenvalue weighted by Crippen LogP contribution is 2.71. The SMILES string of the molecule is C[C@@H]1CC[C@@]2(NC1)O[C@H]1C[C@H]3[C@@H]4CC[C@H]5C[C@@H](O)CC[C@]5(C)[C@H]4CC[C@]3(C)[C@H]1[C@@H]2C.Cl. The summed E-state index contributed by atoms with van der Waals surface area (Å²) in [6.45, 7) is 11.3. The van der Waals surface area contributed by atoms with E-state index in [0.29, 0.717) is 22.9 Å². The maximum absolute atomic E-state index is 10.3. The predicted octanol–water partition coefficient (Wildman–Crippen LogP) is 5.79. The number of fused-ring (bicyclic) bond motifs is 7. The number of aliphatic hydroxyl groups excluding tert-OH is 1. The molecule has 0 unspecified atom stereocenters. The topological polar surface area (TPSA) is 41.5 Å². The fraction of sp³-hybridized carbons (Fsp3) is 1.00. The summed E-state index contributed by atoms with van der Waals surface area (Å²) in [5.74, 6) is 5.57. The van der Waals surface area contributed by atoms with Crippen molar-refractivity contribution in [1.82, 2.24) is 5.32 Å². The second-order valence-corrected chi connectivity index (χ2v) is 13.3. The van der Waals surface area contributed by atoms with Gasteiger partial charge in [0.15, 0.2) is 0 Å². The molecule has 0 amide bonds. The van der Waals surface area contributed by atoms with E-state index in [4.69, 9.17) is 4.74 Å². The summed E-state index contributed by atoms with van der Waals surface area (Å²) in [4.78, 5) is 0. The van der Waals surface area contributed by atoms with Gasteiger partial charge >= 0.3 is 0 Å². The van der Waals surface area contributed by atoms with E-state index in [2.05, 4.69) is 33.0 Å². The van der Waals surface area contributed by atoms with Crippen molar-refractivity contribution in [3.8, 4) is 0 Å². The fourth-order valence-corrected chi connectivity index (χ4v) is 10.4. The second kappa shape index (κ2) is 7.59. The lowest BCUT2D eigenvalue weighted by Gasteiger charge is -2.61. The molecular formula is C27H46ClNO2. The molecule has 2 saturated heterocycles. The molecule has 1 spiro atoms. The van der Waals surface area contributed by atoms with Crippen LogP contribution >= 0.6 is 12.4 Å². The number of nitrogens with one attached hydrogen (secondary N) is 1. The molecule has 0 aromatic rings. The number of rotatable bonds is 0. The maximum atomic E-state index is 10.3. The van der Waals surface area contributed by atoms with E-state index in [9.17, 15) is 5.11 Å². The Balaban J connectivity index is 0.00000204. The molecule has 6 aliphatic rings. The number of ether oxygens (including phenoxy) is 1. The molecule has 6 rings (SSSR count). The molecule has 0 bridgehead atoms. The van der Waals surface area contributed by atoms with Crippen LogP contribution in [0.5, 0.6) is 0 Å². The summed E-state index contributed by atoms with van der Waals surface area (Å²) in [6.07, 6.45) is 13.2. The fourth-order valence-electron chi connectivity index (χ4n) is 10.4. The van der Waals surface area contributed by atoms with Crippen LogP contribution in [0.25, 0.3) is 0 Å². The maximum Gasteiger partial charge on any atom is 0.122 e. The highest BCUT2D eigenvalue weighted by Gasteiger charge is 2.68. The van der Waals surface area contributed by atoms with Gasteiger partial charge < -0.3 is 9.84 Å². The normalized spacial score (nSPS) is 60.5. The summed E-state index contributed by atoms with van der Waals surface area (Å²) in [5, 5.41) is 14.2. The lowest BCUT2D eigenvalue weighted by atomic mass is 9.44. The third-order valence-electron chi connectivity index (χ3n) is 12.1. The Kier molecular flexibility index (Phi) is 5.61. The first-order valence-electron chi connectivity index (χ1n) is 13.4. The molecule has 2 heterocycles. The predicted molar refractivity (Wildman–Crippen MR) is 127 cm³/mol. The monoisotopic (exact) mass is 451 g/mol. The Labute approximate surface area is 196 Å². The standard InChI is InChI=1S/C27H45NO2.ClH/c1-16-7-12-27(28-15-16)17(2)24-23(30-27)14-22-20-6-5-18-13-19(29)8-10-25(18,3)21(20)9-11-26(22,24)4;/h16-24,28-29H,5-15H2,1-4H3;1H/t16-,17+,18+,19+,20-,21+,22+,23+,24+,25+,26+,27-;/m1./s1. The molecule has 0 aromatic heterocycles. The molecule has 2 N–H and O–H groups in total. The number of hydrogen-bond acceptors (Lipinski definition) is 3. The van der Waals surface area contributed by atoms with Crippen molar-refractivity contribution in [2.24, 2.45) is 52.3 Å². The number of aliphatic hydroxyl groups is 1. The van der Waals surface area contributed by atoms with Gasteiger partial charge in [-0.2, -0.15) is 0 Å². The van der Waals surface area contributed by atoms with Crippen LogP contribution in [-0.4, -0.2) is 29.6 Å². The van der Waals surface area contributed by atoms with Crippen molar-refractivity contribution in [3.05, 3.63) is 0 Å². The van der Waals surface area contributed by atoms with Crippen molar-refractivity contribution in [2.45, 2.75) is 110 Å². The zero-order chi connectivity index (χ0) is 20.9. The molecule has 31 heavy (non-hydrogen) atoms. The zero-order valence-electron chi connectivity index (χ0n) is 20.2. The second-order valence-electron chi connectivity index (χ2n) is 13.3. The average molecular weight is 452 g/mol. The Morgan fingerprint density at radius 3 is 2.39 bits per heavy atom. The van der Waals surface area contributed by atoms with Crippen molar-refractivity contribution in [2.75, 3.05) is 6.54 Å². The minimum atomic E-state index is -0.0320. The van der Waals surface area contributed by atoms with Crippen LogP contribution in [0.4, 0.5) is 0 Å². The molecular weight excluding hydrogens is 406 g/mol. The highest BCUT2D eigenvalue weighted by molar-refractivity contribution is 5.85. The van der Waals surface area contributed by atoms with E-state index in [-0.39, 0.29) is 24.2 Å². The molecule has 3 nitrogen and oxygen atoms in total. The minimum Gasteiger partial charge on any atom is -0.393 e. The van der Waals surface area contributed by atoms with E-state index in [0.717, 1.165) is 54.9 Å². The van der Waals surface area contributed by atoms with Gasteiger partial charge in [-0.3, -0.25) is 5.32 Å². The molecule has 4 aliphatic carbocycles. The van der Waals surface area contributed by atoms with Crippen LogP contribution < -0.4 is 5.32 Å². The molecule has 178 valence electrons. The van der Waals surface area contributed by atoms with Crippen LogP contribution in [0.3, 0.4) is 0 Å². The number of hydrogen-bond donors (Lipinski definition) is 2. The van der Waals surface area contributed by atoms with Gasteiger partial charge in [0.05, 0.1) is 12.2 Å². The van der Waals surface area contributed by atoms with Crippen LogP contribution in [0, 0.1) is 52.3 Å². The third-order valence-corrected chi connectivity index (χ3v) is 12.1. The molecule has 12 atom stereocenters. The van der Waals surface area contributed by atoms with E-state index < -0.39 is 0 Å². The molecule has 0 aromatic carbocycles. The Morgan fingerprint density at radius 2 is 1.65 bits per heavy atom. The quantitative estimate of drug-likeness (QED) is 0.489. The van der Waals surface area contributed by atoms with Crippen LogP contribution in [-0.2, 0) is 4.74 Å². The lowest BCUT2D eigenvalue weighted by Crippen LogP contribution is -2.57. The average Bonchev–Trinajstić information content (AvgIpc) is 3.16. The van der Waals surface area contributed by atoms with Crippen molar-refractivity contribution in [3.63, 3.8) is 0 Å². The van der Waals surface area contributed by atoms with Gasteiger partial charge in [-0.15, -0.1) is 12.4 Å². The highest BCUT2D eigenvalue weighted by atomic mass is 35.5. The molecule has 6 fully saturated rings. The van der Waals surface area contributed by atoms with E-state index in [1.807, 2.05) is 0 Å². The van der Waals surface area contributed by atoms with Crippen LogP contribution in [0.1, 0.15) is 91.9 Å². The Morgan fingerprint density at radius 1 is 0.871 bits per heavy atom. The van der Waals surface area contributed by atoms with Crippen LogP contribution in [0.2, 0.25) is 0 Å². The van der Waals surface area contributed by atoms with Gasteiger partial charge in [-0.1, -0.05) is 27.7 Å². The first-order valence-corrected chi connectivity index (χ1v) is 13.4. The number of piperidine rings is 1. The summed E-state index contributed by atoms with van der Waals surface area (Å²) in [5.41, 5.74) is 0.919. The smallest absolute Gasteiger partial charge is 0.122 e. The summed E-state index contributed by atoms with van der Waals surface area (Å²) in [7, 11) is 0. The first-order chi connectivity index (χ1) is 14.3. The van der Waals surface area contributed by atoms with Gasteiger partial charge in [-0.05, 0) is 111 Å². The summed E-state index contributed by atoms with van der Waals surface area (Å²) >= 11 is 0. The summed E-state index contributed by atoms with van der Waals surface area (Å²) in [6, 6.07) is 0. The van der Waals surface area contributed by atoms with Gasteiger partial charge in [0.25, 0.3) is 0 Å². The van der Waals surface area contributed by atoms with E-state index in [1.54, 1.807) is 0 Å². The number of halogens is 1. The van der Waals surface area contributed by atoms with Crippen molar-refractivity contribution >= 4 is 12.4 Å². The molecule has 0 radical (unpaired) electrons. The van der Waals surface area contributed by atoms with Crippen molar-refractivity contribution < 1.29 is 9.84 Å². The molecule has 2 aliphatic heterocycles. The van der Waals surface area contributed by atoms with Gasteiger partial charge in [0.1, 0.15) is 5.72 Å². The van der Waals surface area contributed by atoms with Gasteiger partial charge in [-0.25, -0.2) is 0 Å². The largest absolute Gasteiger partial charge is 0.393 e. The zero-order valence-corrected chi connectivity index (χ0v) is 21.1. The molecule has 4 heteroatoms. The van der Waals surface area contributed by atoms with Crippen molar-refractivity contribution in [1.29, 1.82) is 0 Å². The lowest BCUT2D eigenvalue weighted by molar-refractivity contribution is -0.140. The third kappa shape index (κ3) is 3.08. The van der Waals surface area contributed by atoms with E-state index in [1.165, 1.54) is 51.4 Å². The Bertz CT molecular complexity index is 693. The molecule has 4 saturated carbocycles.